The van der Waals surface area contributed by atoms with Crippen LogP contribution >= 0.6 is 11.6 Å². The highest BCUT2D eigenvalue weighted by molar-refractivity contribution is 6.30. The third-order valence-corrected chi connectivity index (χ3v) is 3.34. The molecule has 4 heteroatoms. The number of hydrogen-bond donors (Lipinski definition) is 1. The van der Waals surface area contributed by atoms with E-state index in [2.05, 4.69) is 40.4 Å². The molecule has 0 fully saturated rings. The van der Waals surface area contributed by atoms with Crippen molar-refractivity contribution in [3.63, 3.8) is 0 Å². The first-order valence-corrected chi connectivity index (χ1v) is 7.14. The van der Waals surface area contributed by atoms with Gasteiger partial charge in [-0.25, -0.2) is 0 Å². The van der Waals surface area contributed by atoms with Crippen molar-refractivity contribution < 1.29 is 0 Å². The van der Waals surface area contributed by atoms with Gasteiger partial charge in [-0.15, -0.1) is 0 Å². The zero-order valence-electron chi connectivity index (χ0n) is 11.7. The summed E-state index contributed by atoms with van der Waals surface area (Å²) in [5.41, 5.74) is 2.50. The maximum absolute atomic E-state index is 5.88. The molecule has 1 N–H and O–H groups in total. The maximum Gasteiger partial charge on any atom is 0.0406 e. The summed E-state index contributed by atoms with van der Waals surface area (Å²) in [6, 6.07) is 12.1. The smallest absolute Gasteiger partial charge is 0.0406 e. The summed E-state index contributed by atoms with van der Waals surface area (Å²) < 4.78 is 0. The Balaban J connectivity index is 1.65. The van der Waals surface area contributed by atoms with Crippen LogP contribution in [-0.4, -0.2) is 30.0 Å². The van der Waals surface area contributed by atoms with Crippen molar-refractivity contribution in [3.8, 4) is 0 Å². The molecule has 20 heavy (non-hydrogen) atoms. The third kappa shape index (κ3) is 5.29. The van der Waals surface area contributed by atoms with Crippen molar-refractivity contribution in [1.29, 1.82) is 0 Å². The molecule has 2 aromatic rings. The molecule has 0 saturated heterocycles. The van der Waals surface area contributed by atoms with Crippen LogP contribution in [-0.2, 0) is 13.1 Å². The number of halogens is 1. The zero-order valence-corrected chi connectivity index (χ0v) is 12.5. The second kappa shape index (κ2) is 8.00. The molecule has 0 atom stereocenters. The van der Waals surface area contributed by atoms with E-state index < -0.39 is 0 Å². The standard InChI is InChI=1S/C16H20ClN3/c1-20(13-14-4-6-16(17)7-5-14)10-9-19-12-15-3-2-8-18-11-15/h2-8,11,19H,9-10,12-13H2,1H3. The fourth-order valence-electron chi connectivity index (χ4n) is 1.99. The summed E-state index contributed by atoms with van der Waals surface area (Å²) in [5.74, 6) is 0. The lowest BCUT2D eigenvalue weighted by atomic mass is 10.2. The Morgan fingerprint density at radius 3 is 2.65 bits per heavy atom. The molecule has 0 spiro atoms. The lowest BCUT2D eigenvalue weighted by Gasteiger charge is -2.17. The van der Waals surface area contributed by atoms with Crippen LogP contribution in [0.1, 0.15) is 11.1 Å². The summed E-state index contributed by atoms with van der Waals surface area (Å²) >= 11 is 5.88. The second-order valence-electron chi connectivity index (χ2n) is 4.90. The summed E-state index contributed by atoms with van der Waals surface area (Å²) in [5, 5.41) is 4.21. The van der Waals surface area contributed by atoms with Gasteiger partial charge in [0.1, 0.15) is 0 Å². The molecule has 2 rings (SSSR count). The Kier molecular flexibility index (Phi) is 5.99. The van der Waals surface area contributed by atoms with Crippen LogP contribution in [0.3, 0.4) is 0 Å². The van der Waals surface area contributed by atoms with E-state index in [4.69, 9.17) is 11.6 Å². The number of nitrogens with one attached hydrogen (secondary N) is 1. The number of pyridine rings is 1. The molecule has 0 amide bonds. The molecule has 1 heterocycles. The minimum atomic E-state index is 0.787. The zero-order chi connectivity index (χ0) is 14.2. The van der Waals surface area contributed by atoms with E-state index in [0.29, 0.717) is 0 Å². The Morgan fingerprint density at radius 2 is 1.95 bits per heavy atom. The van der Waals surface area contributed by atoms with Gasteiger partial charge >= 0.3 is 0 Å². The first-order valence-electron chi connectivity index (χ1n) is 6.76. The Labute approximate surface area is 125 Å². The van der Waals surface area contributed by atoms with Gasteiger partial charge in [0.15, 0.2) is 0 Å². The van der Waals surface area contributed by atoms with Gasteiger partial charge in [0.2, 0.25) is 0 Å². The van der Waals surface area contributed by atoms with Gasteiger partial charge < -0.3 is 10.2 Å². The van der Waals surface area contributed by atoms with Crippen LogP contribution in [0.4, 0.5) is 0 Å². The van der Waals surface area contributed by atoms with E-state index in [9.17, 15) is 0 Å². The van der Waals surface area contributed by atoms with Crippen LogP contribution < -0.4 is 5.32 Å². The number of benzene rings is 1. The van der Waals surface area contributed by atoms with Gasteiger partial charge in [-0.05, 0) is 36.4 Å². The van der Waals surface area contributed by atoms with Gasteiger partial charge in [-0.1, -0.05) is 29.8 Å². The summed E-state index contributed by atoms with van der Waals surface area (Å²) in [6.07, 6.45) is 3.69. The van der Waals surface area contributed by atoms with Crippen molar-refractivity contribution in [3.05, 3.63) is 64.9 Å². The highest BCUT2D eigenvalue weighted by atomic mass is 35.5. The highest BCUT2D eigenvalue weighted by Crippen LogP contribution is 2.10. The number of rotatable bonds is 7. The monoisotopic (exact) mass is 289 g/mol. The third-order valence-electron chi connectivity index (χ3n) is 3.09. The quantitative estimate of drug-likeness (QED) is 0.795. The van der Waals surface area contributed by atoms with E-state index in [0.717, 1.165) is 31.2 Å². The molecule has 0 aliphatic carbocycles. The minimum absolute atomic E-state index is 0.787. The summed E-state index contributed by atoms with van der Waals surface area (Å²) in [4.78, 5) is 6.39. The van der Waals surface area contributed by atoms with Crippen LogP contribution in [0.25, 0.3) is 0 Å². The molecule has 3 nitrogen and oxygen atoms in total. The number of aromatic nitrogens is 1. The number of hydrogen-bond acceptors (Lipinski definition) is 3. The molecule has 0 aliphatic heterocycles. The van der Waals surface area contributed by atoms with Crippen molar-refractivity contribution in [2.75, 3.05) is 20.1 Å². The fraction of sp³-hybridized carbons (Fsp3) is 0.312. The van der Waals surface area contributed by atoms with Gasteiger partial charge in [-0.2, -0.15) is 0 Å². The average molecular weight is 290 g/mol. The molecule has 1 aromatic heterocycles. The Bertz CT molecular complexity index is 499. The van der Waals surface area contributed by atoms with Gasteiger partial charge in [0.25, 0.3) is 0 Å². The van der Waals surface area contributed by atoms with Gasteiger partial charge in [0, 0.05) is 43.6 Å². The topological polar surface area (TPSA) is 28.2 Å². The van der Waals surface area contributed by atoms with Crippen molar-refractivity contribution in [2.45, 2.75) is 13.1 Å². The van der Waals surface area contributed by atoms with E-state index in [-0.39, 0.29) is 0 Å². The Morgan fingerprint density at radius 1 is 1.15 bits per heavy atom. The maximum atomic E-state index is 5.88. The molecule has 0 radical (unpaired) electrons. The fourth-order valence-corrected chi connectivity index (χ4v) is 2.11. The number of likely N-dealkylation sites (N-methyl/N-ethyl adjacent to an activating group) is 1. The Hall–Kier alpha value is -1.42. The largest absolute Gasteiger partial charge is 0.311 e. The van der Waals surface area contributed by atoms with Crippen LogP contribution in [0.2, 0.25) is 5.02 Å². The lowest BCUT2D eigenvalue weighted by Crippen LogP contribution is -2.28. The first-order chi connectivity index (χ1) is 9.74. The molecule has 0 aliphatic rings. The van der Waals surface area contributed by atoms with E-state index in [1.54, 1.807) is 6.20 Å². The molecule has 0 saturated carbocycles. The van der Waals surface area contributed by atoms with Crippen molar-refractivity contribution in [1.82, 2.24) is 15.2 Å². The average Bonchev–Trinajstić information content (AvgIpc) is 2.47. The molecule has 0 bridgehead atoms. The van der Waals surface area contributed by atoms with Gasteiger partial charge in [0.05, 0.1) is 0 Å². The van der Waals surface area contributed by atoms with Crippen molar-refractivity contribution in [2.24, 2.45) is 0 Å². The molecule has 0 unspecified atom stereocenters. The van der Waals surface area contributed by atoms with Crippen LogP contribution in [0.5, 0.6) is 0 Å². The molecular weight excluding hydrogens is 270 g/mol. The van der Waals surface area contributed by atoms with E-state index in [1.807, 2.05) is 24.4 Å². The summed E-state index contributed by atoms with van der Waals surface area (Å²) in [6.45, 7) is 3.76. The predicted molar refractivity (Wildman–Crippen MR) is 83.7 cm³/mol. The first kappa shape index (κ1) is 15.0. The lowest BCUT2D eigenvalue weighted by molar-refractivity contribution is 0.324. The highest BCUT2D eigenvalue weighted by Gasteiger charge is 2.00. The van der Waals surface area contributed by atoms with E-state index >= 15 is 0 Å². The van der Waals surface area contributed by atoms with Crippen LogP contribution in [0, 0.1) is 0 Å². The van der Waals surface area contributed by atoms with Crippen molar-refractivity contribution >= 4 is 11.6 Å². The SMILES string of the molecule is CN(CCNCc1cccnc1)Cc1ccc(Cl)cc1. The predicted octanol–water partition coefficient (Wildman–Crippen LogP) is 2.96. The molecular formula is C16H20ClN3. The molecule has 1 aromatic carbocycles. The van der Waals surface area contributed by atoms with Gasteiger partial charge in [-0.3, -0.25) is 4.98 Å². The number of nitrogens with zero attached hydrogens (tertiary/aromatic N) is 2. The van der Waals surface area contributed by atoms with Crippen LogP contribution in [0.15, 0.2) is 48.8 Å². The van der Waals surface area contributed by atoms with E-state index in [1.165, 1.54) is 11.1 Å². The summed E-state index contributed by atoms with van der Waals surface area (Å²) in [7, 11) is 2.13. The molecule has 106 valence electrons. The second-order valence-corrected chi connectivity index (χ2v) is 5.34. The normalized spacial score (nSPS) is 10.9. The minimum Gasteiger partial charge on any atom is -0.311 e.